The van der Waals surface area contributed by atoms with Crippen molar-refractivity contribution in [2.75, 3.05) is 6.61 Å². The highest BCUT2D eigenvalue weighted by atomic mass is 16.5. The highest BCUT2D eigenvalue weighted by molar-refractivity contribution is 6.01. The Morgan fingerprint density at radius 3 is 2.71 bits per heavy atom. The fourth-order valence-corrected chi connectivity index (χ4v) is 3.30. The van der Waals surface area contributed by atoms with Gasteiger partial charge in [0.1, 0.15) is 5.75 Å². The Kier molecular flexibility index (Phi) is 5.83. The molecule has 0 aliphatic rings. The van der Waals surface area contributed by atoms with Gasteiger partial charge >= 0.3 is 0 Å². The summed E-state index contributed by atoms with van der Waals surface area (Å²) in [6.07, 6.45) is 1.70. The van der Waals surface area contributed by atoms with Gasteiger partial charge < -0.3 is 9.30 Å². The molecule has 146 valence electrons. The van der Waals surface area contributed by atoms with Crippen molar-refractivity contribution in [2.24, 2.45) is 12.1 Å². The van der Waals surface area contributed by atoms with Crippen molar-refractivity contribution in [3.63, 3.8) is 0 Å². The fraction of sp³-hybridized carbons (Fsp3) is 0.304. The van der Waals surface area contributed by atoms with E-state index < -0.39 is 0 Å². The second-order valence-electron chi connectivity index (χ2n) is 7.35. The van der Waals surface area contributed by atoms with E-state index in [4.69, 9.17) is 4.74 Å². The highest BCUT2D eigenvalue weighted by Crippen LogP contribution is 2.27. The molecule has 5 nitrogen and oxygen atoms in total. The minimum Gasteiger partial charge on any atom is -0.483 e. The Hall–Kier alpha value is -3.08. The fourth-order valence-electron chi connectivity index (χ4n) is 3.30. The number of hydrazone groups is 1. The molecule has 3 rings (SSSR count). The van der Waals surface area contributed by atoms with E-state index in [0.29, 0.717) is 5.92 Å². The molecular formula is C23H27N3O2. The zero-order chi connectivity index (χ0) is 20.3. The standard InChI is InChI=1S/C23H27N3O2/c1-15(2)18-11-10-16(3)12-22(18)28-14-23(27)25-24-13-20-17(4)26(5)21-9-7-6-8-19(20)21/h6-13,15H,14H2,1-5H3,(H,25,27)/b24-13-. The maximum absolute atomic E-state index is 12.2. The molecule has 3 aromatic rings. The first-order valence-corrected chi connectivity index (χ1v) is 9.47. The van der Waals surface area contributed by atoms with Gasteiger partial charge in [0.25, 0.3) is 5.91 Å². The first kappa shape index (κ1) is 19.7. The van der Waals surface area contributed by atoms with Crippen molar-refractivity contribution in [1.82, 2.24) is 9.99 Å². The second-order valence-corrected chi connectivity index (χ2v) is 7.35. The second kappa shape index (κ2) is 8.30. The molecular weight excluding hydrogens is 350 g/mol. The van der Waals surface area contributed by atoms with Crippen LogP contribution in [0.1, 0.15) is 42.1 Å². The van der Waals surface area contributed by atoms with E-state index >= 15 is 0 Å². The van der Waals surface area contributed by atoms with Gasteiger partial charge in [-0.2, -0.15) is 5.10 Å². The molecule has 1 amide bonds. The van der Waals surface area contributed by atoms with Gasteiger partial charge in [0.05, 0.1) is 6.21 Å². The highest BCUT2D eigenvalue weighted by Gasteiger charge is 2.11. The van der Waals surface area contributed by atoms with Crippen molar-refractivity contribution >= 4 is 23.0 Å². The number of ether oxygens (including phenoxy) is 1. The molecule has 0 aliphatic heterocycles. The number of aryl methyl sites for hydroxylation is 2. The summed E-state index contributed by atoms with van der Waals surface area (Å²) in [5.74, 6) is 0.787. The molecule has 1 aromatic heterocycles. The van der Waals surface area contributed by atoms with Crippen LogP contribution in [-0.4, -0.2) is 23.3 Å². The van der Waals surface area contributed by atoms with Crippen LogP contribution in [0.3, 0.4) is 0 Å². The van der Waals surface area contributed by atoms with Crippen molar-refractivity contribution in [1.29, 1.82) is 0 Å². The van der Waals surface area contributed by atoms with Crippen LogP contribution in [0, 0.1) is 13.8 Å². The van der Waals surface area contributed by atoms with Crippen LogP contribution in [0.5, 0.6) is 5.75 Å². The lowest BCUT2D eigenvalue weighted by molar-refractivity contribution is -0.123. The third-order valence-electron chi connectivity index (χ3n) is 4.98. The van der Waals surface area contributed by atoms with Crippen LogP contribution >= 0.6 is 0 Å². The maximum Gasteiger partial charge on any atom is 0.277 e. The van der Waals surface area contributed by atoms with E-state index in [0.717, 1.165) is 39.0 Å². The van der Waals surface area contributed by atoms with Gasteiger partial charge in [-0.1, -0.05) is 44.2 Å². The lowest BCUT2D eigenvalue weighted by Gasteiger charge is -2.14. The number of hydrogen-bond donors (Lipinski definition) is 1. The smallest absolute Gasteiger partial charge is 0.277 e. The van der Waals surface area contributed by atoms with Gasteiger partial charge in [-0.25, -0.2) is 5.43 Å². The van der Waals surface area contributed by atoms with E-state index in [1.54, 1.807) is 6.21 Å². The van der Waals surface area contributed by atoms with Crippen LogP contribution in [0.4, 0.5) is 0 Å². The zero-order valence-electron chi connectivity index (χ0n) is 17.1. The predicted octanol–water partition coefficient (Wildman–Crippen LogP) is 4.45. The van der Waals surface area contributed by atoms with E-state index in [1.165, 1.54) is 0 Å². The van der Waals surface area contributed by atoms with Crippen LogP contribution in [0.25, 0.3) is 10.9 Å². The Bertz CT molecular complexity index is 1030. The monoisotopic (exact) mass is 377 g/mol. The number of para-hydroxylation sites is 1. The first-order valence-electron chi connectivity index (χ1n) is 9.47. The first-order chi connectivity index (χ1) is 13.4. The van der Waals surface area contributed by atoms with Crippen molar-refractivity contribution in [3.8, 4) is 5.75 Å². The van der Waals surface area contributed by atoms with E-state index in [1.807, 2.05) is 39.1 Å². The third-order valence-corrected chi connectivity index (χ3v) is 4.98. The van der Waals surface area contributed by atoms with Crippen molar-refractivity contribution < 1.29 is 9.53 Å². The molecule has 5 heteroatoms. The molecule has 0 unspecified atom stereocenters. The minimum atomic E-state index is -0.287. The Balaban J connectivity index is 1.66. The molecule has 1 heterocycles. The number of benzene rings is 2. The Morgan fingerprint density at radius 1 is 1.21 bits per heavy atom. The third kappa shape index (κ3) is 4.09. The average molecular weight is 377 g/mol. The number of hydrogen-bond acceptors (Lipinski definition) is 3. The van der Waals surface area contributed by atoms with E-state index in [2.05, 4.69) is 53.2 Å². The van der Waals surface area contributed by atoms with Gasteiger partial charge in [0.2, 0.25) is 0 Å². The van der Waals surface area contributed by atoms with Crippen LogP contribution in [0.15, 0.2) is 47.6 Å². The molecule has 0 spiro atoms. The summed E-state index contributed by atoms with van der Waals surface area (Å²) in [6, 6.07) is 14.2. The quantitative estimate of drug-likeness (QED) is 0.510. The summed E-state index contributed by atoms with van der Waals surface area (Å²) in [7, 11) is 2.02. The Morgan fingerprint density at radius 2 is 1.96 bits per heavy atom. The average Bonchev–Trinajstić information content (AvgIpc) is 2.91. The Labute approximate surface area is 166 Å². The van der Waals surface area contributed by atoms with Gasteiger partial charge in [-0.3, -0.25) is 4.79 Å². The summed E-state index contributed by atoms with van der Waals surface area (Å²) in [5, 5.41) is 5.24. The summed E-state index contributed by atoms with van der Waals surface area (Å²) in [5.41, 5.74) is 7.98. The lowest BCUT2D eigenvalue weighted by atomic mass is 10.0. The molecule has 0 radical (unpaired) electrons. The molecule has 0 saturated carbocycles. The SMILES string of the molecule is Cc1ccc(C(C)C)c(OCC(=O)N/N=C\c2c(C)n(C)c3ccccc23)c1. The summed E-state index contributed by atoms with van der Waals surface area (Å²) >= 11 is 0. The van der Waals surface area contributed by atoms with Gasteiger partial charge in [0.15, 0.2) is 6.61 Å². The summed E-state index contributed by atoms with van der Waals surface area (Å²) in [6.45, 7) is 8.18. The van der Waals surface area contributed by atoms with Gasteiger partial charge in [-0.05, 0) is 43.0 Å². The van der Waals surface area contributed by atoms with Crippen LogP contribution in [-0.2, 0) is 11.8 Å². The van der Waals surface area contributed by atoms with E-state index in [-0.39, 0.29) is 12.5 Å². The number of nitrogens with zero attached hydrogens (tertiary/aromatic N) is 2. The van der Waals surface area contributed by atoms with E-state index in [9.17, 15) is 4.79 Å². The minimum absolute atomic E-state index is 0.0744. The lowest BCUT2D eigenvalue weighted by Crippen LogP contribution is -2.25. The molecule has 28 heavy (non-hydrogen) atoms. The number of carbonyl (C=O) groups is 1. The number of aromatic nitrogens is 1. The number of carbonyl (C=O) groups excluding carboxylic acids is 1. The number of amides is 1. The molecule has 0 atom stereocenters. The maximum atomic E-state index is 12.2. The largest absolute Gasteiger partial charge is 0.483 e. The number of fused-ring (bicyclic) bond motifs is 1. The number of nitrogens with one attached hydrogen (secondary N) is 1. The van der Waals surface area contributed by atoms with Crippen molar-refractivity contribution in [2.45, 2.75) is 33.6 Å². The molecule has 0 aliphatic carbocycles. The predicted molar refractivity (Wildman–Crippen MR) is 114 cm³/mol. The molecule has 2 aromatic carbocycles. The van der Waals surface area contributed by atoms with Crippen LogP contribution in [0.2, 0.25) is 0 Å². The summed E-state index contributed by atoms with van der Waals surface area (Å²) in [4.78, 5) is 12.2. The zero-order valence-corrected chi connectivity index (χ0v) is 17.1. The van der Waals surface area contributed by atoms with Gasteiger partial charge in [0, 0.05) is 29.2 Å². The normalized spacial score (nSPS) is 11.5. The van der Waals surface area contributed by atoms with Crippen molar-refractivity contribution in [3.05, 3.63) is 64.8 Å². The molecule has 1 N–H and O–H groups in total. The molecule has 0 bridgehead atoms. The number of rotatable bonds is 6. The van der Waals surface area contributed by atoms with Crippen LogP contribution < -0.4 is 10.2 Å². The molecule has 0 fully saturated rings. The summed E-state index contributed by atoms with van der Waals surface area (Å²) < 4.78 is 7.87. The topological polar surface area (TPSA) is 55.6 Å². The van der Waals surface area contributed by atoms with Gasteiger partial charge in [-0.15, -0.1) is 0 Å². The molecule has 0 saturated heterocycles.